The third kappa shape index (κ3) is 2.70. The third-order valence-corrected chi connectivity index (χ3v) is 7.24. The lowest BCUT2D eigenvalue weighted by molar-refractivity contribution is -0.160. The minimum absolute atomic E-state index is 0.333. The van der Waals surface area contributed by atoms with Gasteiger partial charge in [-0.05, 0) is 62.0 Å². The highest BCUT2D eigenvalue weighted by molar-refractivity contribution is 5.91. The molecule has 1 saturated heterocycles. The van der Waals surface area contributed by atoms with Crippen molar-refractivity contribution in [1.29, 1.82) is 0 Å². The molecule has 26 heavy (non-hydrogen) atoms. The number of primary amides is 1. The standard InChI is InChI=1S/C20H28N4O2/c21-19(25)16-2-1-3-17(22-16)23-4-6-24(7-5-23)18-14-8-13-9-15(18)12-20(26,10-13)11-14/h1-3,13-15,18,26H,4-12H2,(H2,21,25). The lowest BCUT2D eigenvalue weighted by Crippen LogP contribution is -2.64. The van der Waals surface area contributed by atoms with Crippen LogP contribution in [0.2, 0.25) is 0 Å². The van der Waals surface area contributed by atoms with Crippen molar-refractivity contribution in [1.82, 2.24) is 9.88 Å². The Morgan fingerprint density at radius 2 is 1.81 bits per heavy atom. The number of hydrogen-bond donors (Lipinski definition) is 2. The van der Waals surface area contributed by atoms with Gasteiger partial charge in [-0.2, -0.15) is 0 Å². The molecular weight excluding hydrogens is 328 g/mol. The molecule has 6 nitrogen and oxygen atoms in total. The number of hydrogen-bond acceptors (Lipinski definition) is 5. The quantitative estimate of drug-likeness (QED) is 0.851. The summed E-state index contributed by atoms with van der Waals surface area (Å²) in [7, 11) is 0. The van der Waals surface area contributed by atoms with Crippen LogP contribution in [-0.4, -0.2) is 58.7 Å². The maximum Gasteiger partial charge on any atom is 0.267 e. The second-order valence-electron chi connectivity index (χ2n) is 8.95. The minimum Gasteiger partial charge on any atom is -0.390 e. The predicted molar refractivity (Wildman–Crippen MR) is 98.8 cm³/mol. The number of amides is 1. The molecule has 3 N–H and O–H groups in total. The fraction of sp³-hybridized carbons (Fsp3) is 0.700. The van der Waals surface area contributed by atoms with E-state index in [9.17, 15) is 9.90 Å². The molecule has 2 unspecified atom stereocenters. The molecule has 0 aromatic carbocycles. The molecule has 140 valence electrons. The summed E-state index contributed by atoms with van der Waals surface area (Å²) in [6.07, 6.45) is 5.68. The number of aliphatic hydroxyl groups is 1. The van der Waals surface area contributed by atoms with Crippen LogP contribution in [0.25, 0.3) is 0 Å². The predicted octanol–water partition coefficient (Wildman–Crippen LogP) is 1.24. The Morgan fingerprint density at radius 1 is 1.12 bits per heavy atom. The van der Waals surface area contributed by atoms with Crippen molar-refractivity contribution in [2.45, 2.75) is 43.7 Å². The van der Waals surface area contributed by atoms with Gasteiger partial charge in [0.05, 0.1) is 5.60 Å². The summed E-state index contributed by atoms with van der Waals surface area (Å²) in [6.45, 7) is 3.92. The molecule has 2 atom stereocenters. The van der Waals surface area contributed by atoms with Crippen LogP contribution in [-0.2, 0) is 0 Å². The van der Waals surface area contributed by atoms with Crippen molar-refractivity contribution in [2.24, 2.45) is 23.5 Å². The van der Waals surface area contributed by atoms with E-state index in [-0.39, 0.29) is 5.60 Å². The first-order chi connectivity index (χ1) is 12.5. The average molecular weight is 356 g/mol. The summed E-state index contributed by atoms with van der Waals surface area (Å²) in [5.74, 6) is 2.48. The lowest BCUT2D eigenvalue weighted by atomic mass is 9.52. The Bertz CT molecular complexity index is 700. The maximum atomic E-state index is 11.4. The van der Waals surface area contributed by atoms with E-state index < -0.39 is 5.91 Å². The summed E-state index contributed by atoms with van der Waals surface area (Å²) < 4.78 is 0. The first kappa shape index (κ1) is 16.5. The van der Waals surface area contributed by atoms with Gasteiger partial charge in [0.25, 0.3) is 5.91 Å². The van der Waals surface area contributed by atoms with E-state index in [4.69, 9.17) is 5.73 Å². The molecule has 4 aliphatic carbocycles. The summed E-state index contributed by atoms with van der Waals surface area (Å²) >= 11 is 0. The van der Waals surface area contributed by atoms with Crippen LogP contribution in [0, 0.1) is 17.8 Å². The van der Waals surface area contributed by atoms with Gasteiger partial charge in [-0.25, -0.2) is 4.98 Å². The molecule has 1 aromatic heterocycles. The number of nitrogens with two attached hydrogens (primary N) is 1. The highest BCUT2D eigenvalue weighted by Crippen LogP contribution is 2.57. The molecular formula is C20H28N4O2. The minimum atomic E-state index is -0.475. The fourth-order valence-electron chi connectivity index (χ4n) is 6.54. The van der Waals surface area contributed by atoms with Crippen molar-refractivity contribution < 1.29 is 9.90 Å². The van der Waals surface area contributed by atoms with Gasteiger partial charge in [-0.15, -0.1) is 0 Å². The first-order valence-electron chi connectivity index (χ1n) is 9.99. The molecule has 6 rings (SSSR count). The smallest absolute Gasteiger partial charge is 0.267 e. The summed E-state index contributed by atoms with van der Waals surface area (Å²) in [5, 5.41) is 10.8. The van der Waals surface area contributed by atoms with Crippen LogP contribution in [0.1, 0.15) is 42.6 Å². The van der Waals surface area contributed by atoms with Crippen LogP contribution in [0.15, 0.2) is 18.2 Å². The number of anilines is 1. The second-order valence-corrected chi connectivity index (χ2v) is 8.95. The molecule has 4 bridgehead atoms. The van der Waals surface area contributed by atoms with Crippen molar-refractivity contribution in [2.75, 3.05) is 31.1 Å². The normalized spacial score (nSPS) is 39.3. The van der Waals surface area contributed by atoms with Gasteiger partial charge >= 0.3 is 0 Å². The molecule has 5 fully saturated rings. The number of pyridine rings is 1. The number of carbonyl (C=O) groups excluding carboxylic acids is 1. The van der Waals surface area contributed by atoms with E-state index in [0.717, 1.165) is 57.2 Å². The molecule has 1 aromatic rings. The van der Waals surface area contributed by atoms with Gasteiger partial charge in [-0.1, -0.05) is 6.07 Å². The Kier molecular flexibility index (Phi) is 3.76. The Balaban J connectivity index is 1.27. The summed E-state index contributed by atoms with van der Waals surface area (Å²) in [5.41, 5.74) is 5.34. The SMILES string of the molecule is NC(=O)c1cccc(N2CCN(C3C4CC5CC3CC(O)(C5)C4)CC2)n1. The summed E-state index contributed by atoms with van der Waals surface area (Å²) in [4.78, 5) is 20.7. The van der Waals surface area contributed by atoms with Gasteiger partial charge in [0.1, 0.15) is 11.5 Å². The number of rotatable bonds is 3. The monoisotopic (exact) mass is 356 g/mol. The highest BCUT2D eigenvalue weighted by atomic mass is 16.3. The van der Waals surface area contributed by atoms with Crippen LogP contribution in [0.5, 0.6) is 0 Å². The van der Waals surface area contributed by atoms with E-state index in [1.54, 1.807) is 6.07 Å². The van der Waals surface area contributed by atoms with Crippen molar-refractivity contribution in [3.8, 4) is 0 Å². The molecule has 2 heterocycles. The zero-order valence-corrected chi connectivity index (χ0v) is 15.2. The van der Waals surface area contributed by atoms with Crippen LogP contribution >= 0.6 is 0 Å². The van der Waals surface area contributed by atoms with Crippen LogP contribution in [0.4, 0.5) is 5.82 Å². The van der Waals surface area contributed by atoms with Gasteiger partial charge in [0.15, 0.2) is 0 Å². The Labute approximate surface area is 154 Å². The fourth-order valence-corrected chi connectivity index (χ4v) is 6.54. The molecule has 0 spiro atoms. The molecule has 6 heteroatoms. The first-order valence-corrected chi connectivity index (χ1v) is 9.99. The zero-order valence-electron chi connectivity index (χ0n) is 15.2. The van der Waals surface area contributed by atoms with Gasteiger partial charge in [-0.3, -0.25) is 9.69 Å². The van der Waals surface area contributed by atoms with Crippen molar-refractivity contribution >= 4 is 11.7 Å². The molecule has 1 amide bonds. The van der Waals surface area contributed by atoms with E-state index >= 15 is 0 Å². The molecule has 1 aliphatic heterocycles. The topological polar surface area (TPSA) is 82.7 Å². The van der Waals surface area contributed by atoms with Crippen LogP contribution < -0.4 is 10.6 Å². The van der Waals surface area contributed by atoms with Crippen molar-refractivity contribution in [3.05, 3.63) is 23.9 Å². The van der Waals surface area contributed by atoms with Gasteiger partial charge < -0.3 is 15.7 Å². The zero-order chi connectivity index (χ0) is 17.9. The molecule has 5 aliphatic rings. The Hall–Kier alpha value is -1.66. The molecule has 0 radical (unpaired) electrons. The average Bonchev–Trinajstić information content (AvgIpc) is 2.60. The van der Waals surface area contributed by atoms with Gasteiger partial charge in [0.2, 0.25) is 0 Å². The van der Waals surface area contributed by atoms with Gasteiger partial charge in [0, 0.05) is 32.2 Å². The highest BCUT2D eigenvalue weighted by Gasteiger charge is 2.56. The largest absolute Gasteiger partial charge is 0.390 e. The number of piperazine rings is 1. The third-order valence-electron chi connectivity index (χ3n) is 7.24. The lowest BCUT2D eigenvalue weighted by Gasteiger charge is -2.61. The second kappa shape index (κ2) is 5.92. The number of nitrogens with zero attached hydrogens (tertiary/aromatic N) is 3. The van der Waals surface area contributed by atoms with Crippen LogP contribution in [0.3, 0.4) is 0 Å². The number of aromatic nitrogens is 1. The van der Waals surface area contributed by atoms with E-state index in [1.165, 1.54) is 12.8 Å². The maximum absolute atomic E-state index is 11.4. The summed E-state index contributed by atoms with van der Waals surface area (Å²) in [6, 6.07) is 6.13. The van der Waals surface area contributed by atoms with E-state index in [2.05, 4.69) is 14.8 Å². The number of carbonyl (C=O) groups is 1. The van der Waals surface area contributed by atoms with E-state index in [0.29, 0.717) is 23.6 Å². The Morgan fingerprint density at radius 3 is 2.42 bits per heavy atom. The van der Waals surface area contributed by atoms with Crippen molar-refractivity contribution in [3.63, 3.8) is 0 Å². The van der Waals surface area contributed by atoms with E-state index in [1.807, 2.05) is 12.1 Å². The molecule has 4 saturated carbocycles.